The van der Waals surface area contributed by atoms with Gasteiger partial charge < -0.3 is 9.84 Å². The molecular formula is C14H21ClN4O3S2. The zero-order chi connectivity index (χ0) is 16.4. The Morgan fingerprint density at radius 2 is 2.12 bits per heavy atom. The molecule has 3 heterocycles. The first-order valence-corrected chi connectivity index (χ1v) is 9.92. The molecule has 7 nitrogen and oxygen atoms in total. The van der Waals surface area contributed by atoms with Gasteiger partial charge in [-0.15, -0.1) is 23.7 Å². The molecule has 0 aliphatic carbocycles. The zero-order valence-corrected chi connectivity index (χ0v) is 16.0. The van der Waals surface area contributed by atoms with Crippen molar-refractivity contribution in [3.8, 4) is 10.8 Å². The number of nitrogens with one attached hydrogen (secondary N) is 1. The molecule has 10 heteroatoms. The zero-order valence-electron chi connectivity index (χ0n) is 13.6. The van der Waals surface area contributed by atoms with E-state index < -0.39 is 10.0 Å². The monoisotopic (exact) mass is 392 g/mol. The molecule has 3 rings (SSSR count). The van der Waals surface area contributed by atoms with E-state index in [1.165, 1.54) is 15.6 Å². The van der Waals surface area contributed by atoms with Crippen molar-refractivity contribution >= 4 is 33.8 Å². The summed E-state index contributed by atoms with van der Waals surface area (Å²) in [6.07, 6.45) is 2.44. The molecule has 0 saturated carbocycles. The molecule has 1 aliphatic rings. The van der Waals surface area contributed by atoms with Gasteiger partial charge in [-0.25, -0.2) is 8.42 Å². The first-order chi connectivity index (χ1) is 11.0. The fourth-order valence-electron chi connectivity index (χ4n) is 2.53. The van der Waals surface area contributed by atoms with Crippen LogP contribution in [-0.2, 0) is 16.4 Å². The Morgan fingerprint density at radius 1 is 1.42 bits per heavy atom. The molecule has 0 bridgehead atoms. The highest BCUT2D eigenvalue weighted by molar-refractivity contribution is 7.89. The first kappa shape index (κ1) is 19.3. The van der Waals surface area contributed by atoms with E-state index in [4.69, 9.17) is 4.52 Å². The third kappa shape index (κ3) is 3.80. The minimum atomic E-state index is -3.49. The summed E-state index contributed by atoms with van der Waals surface area (Å²) in [4.78, 5) is 5.14. The van der Waals surface area contributed by atoms with Crippen molar-refractivity contribution in [2.75, 3.05) is 20.1 Å². The van der Waals surface area contributed by atoms with Gasteiger partial charge in [-0.05, 0) is 38.3 Å². The molecule has 1 atom stereocenters. The quantitative estimate of drug-likeness (QED) is 0.810. The second-order valence-electron chi connectivity index (χ2n) is 5.63. The number of hydrogen-bond donors (Lipinski definition) is 1. The molecule has 0 amide bonds. The van der Waals surface area contributed by atoms with Gasteiger partial charge in [0, 0.05) is 25.6 Å². The maximum atomic E-state index is 12.8. The Balaban J connectivity index is 0.00000208. The maximum Gasteiger partial charge on any atom is 0.269 e. The molecule has 0 spiro atoms. The van der Waals surface area contributed by atoms with Gasteiger partial charge in [0.1, 0.15) is 9.77 Å². The molecular weight excluding hydrogens is 372 g/mol. The normalized spacial score (nSPS) is 16.9. The Morgan fingerprint density at radius 3 is 2.79 bits per heavy atom. The highest BCUT2D eigenvalue weighted by Crippen LogP contribution is 2.34. The lowest BCUT2D eigenvalue weighted by Gasteiger charge is -2.14. The number of aromatic nitrogens is 2. The first-order valence-electron chi connectivity index (χ1n) is 7.60. The minimum Gasteiger partial charge on any atom is -0.333 e. The van der Waals surface area contributed by atoms with E-state index in [1.807, 2.05) is 14.0 Å². The molecule has 0 radical (unpaired) electrons. The third-order valence-electron chi connectivity index (χ3n) is 3.96. The third-order valence-corrected chi connectivity index (χ3v) is 6.93. The molecule has 134 valence electrons. The van der Waals surface area contributed by atoms with Crippen molar-refractivity contribution in [1.82, 2.24) is 19.8 Å². The predicted octanol–water partition coefficient (Wildman–Crippen LogP) is 2.15. The number of sulfonamides is 1. The minimum absolute atomic E-state index is 0. The Bertz CT molecular complexity index is 769. The van der Waals surface area contributed by atoms with E-state index in [1.54, 1.807) is 11.4 Å². The average molecular weight is 393 g/mol. The van der Waals surface area contributed by atoms with Crippen molar-refractivity contribution in [1.29, 1.82) is 0 Å². The number of likely N-dealkylation sites (N-methyl/N-ethyl adjacent to an activating group) is 1. The Labute approximate surface area is 151 Å². The summed E-state index contributed by atoms with van der Waals surface area (Å²) in [5, 5.41) is 8.81. The molecule has 2 aromatic rings. The van der Waals surface area contributed by atoms with Gasteiger partial charge >= 0.3 is 0 Å². The van der Waals surface area contributed by atoms with E-state index in [2.05, 4.69) is 15.5 Å². The second-order valence-corrected chi connectivity index (χ2v) is 8.46. The second kappa shape index (κ2) is 7.92. The lowest BCUT2D eigenvalue weighted by molar-refractivity contribution is 0.418. The fourth-order valence-corrected chi connectivity index (χ4v) is 5.36. The number of nitrogens with zero attached hydrogens (tertiary/aromatic N) is 3. The number of hydrogen-bond acceptors (Lipinski definition) is 7. The summed E-state index contributed by atoms with van der Waals surface area (Å²) in [7, 11) is -1.62. The van der Waals surface area contributed by atoms with E-state index in [0.717, 1.165) is 12.8 Å². The van der Waals surface area contributed by atoms with Crippen molar-refractivity contribution in [2.24, 2.45) is 0 Å². The number of thiophene rings is 1. The molecule has 1 unspecified atom stereocenters. The van der Waals surface area contributed by atoms with Gasteiger partial charge in [0.25, 0.3) is 5.89 Å². The standard InChI is InChI=1S/C14H20N4O3S2.ClH/c1-10(15-2)9-12-16-14(21-17-12)13-11(5-8-22-13)23(19,20)18-6-3-4-7-18;/h5,8,10,15H,3-4,6-7,9H2,1-2H3;1H. The summed E-state index contributed by atoms with van der Waals surface area (Å²) >= 11 is 1.31. The topological polar surface area (TPSA) is 88.3 Å². The van der Waals surface area contributed by atoms with Gasteiger partial charge in [-0.2, -0.15) is 9.29 Å². The molecule has 2 aromatic heterocycles. The van der Waals surface area contributed by atoms with E-state index in [-0.39, 0.29) is 29.2 Å². The molecule has 1 fully saturated rings. The lowest BCUT2D eigenvalue weighted by atomic mass is 10.2. The highest BCUT2D eigenvalue weighted by Gasteiger charge is 2.31. The van der Waals surface area contributed by atoms with Crippen molar-refractivity contribution < 1.29 is 12.9 Å². The van der Waals surface area contributed by atoms with Crippen LogP contribution < -0.4 is 5.32 Å². The molecule has 0 aromatic carbocycles. The molecule has 24 heavy (non-hydrogen) atoms. The van der Waals surface area contributed by atoms with Gasteiger partial charge in [-0.1, -0.05) is 5.16 Å². The van der Waals surface area contributed by atoms with Crippen LogP contribution >= 0.6 is 23.7 Å². The van der Waals surface area contributed by atoms with Crippen molar-refractivity contribution in [3.05, 3.63) is 17.3 Å². The summed E-state index contributed by atoms with van der Waals surface area (Å²) in [5.41, 5.74) is 0. The molecule has 1 aliphatic heterocycles. The van der Waals surface area contributed by atoms with Gasteiger partial charge in [-0.3, -0.25) is 0 Å². The van der Waals surface area contributed by atoms with Crippen LogP contribution in [-0.4, -0.2) is 49.0 Å². The van der Waals surface area contributed by atoms with Crippen LogP contribution in [0.15, 0.2) is 20.9 Å². The van der Waals surface area contributed by atoms with Crippen molar-refractivity contribution in [3.63, 3.8) is 0 Å². The summed E-state index contributed by atoms with van der Waals surface area (Å²) in [6, 6.07) is 1.84. The van der Waals surface area contributed by atoms with Crippen LogP contribution in [0, 0.1) is 0 Å². The summed E-state index contributed by atoms with van der Waals surface area (Å²) in [6.45, 7) is 3.17. The lowest BCUT2D eigenvalue weighted by Crippen LogP contribution is -2.27. The largest absolute Gasteiger partial charge is 0.333 e. The highest BCUT2D eigenvalue weighted by atomic mass is 35.5. The number of halogens is 1. The van der Waals surface area contributed by atoms with Crippen LogP contribution in [0.5, 0.6) is 0 Å². The van der Waals surface area contributed by atoms with Crippen LogP contribution in [0.4, 0.5) is 0 Å². The average Bonchev–Trinajstić information content (AvgIpc) is 3.26. The van der Waals surface area contributed by atoms with Crippen LogP contribution in [0.25, 0.3) is 10.8 Å². The molecule has 1 saturated heterocycles. The summed E-state index contributed by atoms with van der Waals surface area (Å²) in [5.74, 6) is 0.843. The SMILES string of the molecule is CNC(C)Cc1noc(-c2sccc2S(=O)(=O)N2CCCC2)n1.Cl. The van der Waals surface area contributed by atoms with Crippen LogP contribution in [0.3, 0.4) is 0 Å². The van der Waals surface area contributed by atoms with Crippen LogP contribution in [0.2, 0.25) is 0 Å². The maximum absolute atomic E-state index is 12.8. The smallest absolute Gasteiger partial charge is 0.269 e. The molecule has 1 N–H and O–H groups in total. The van der Waals surface area contributed by atoms with E-state index in [9.17, 15) is 8.42 Å². The predicted molar refractivity (Wildman–Crippen MR) is 95.1 cm³/mol. The van der Waals surface area contributed by atoms with Crippen molar-refractivity contribution in [2.45, 2.75) is 37.1 Å². The van der Waals surface area contributed by atoms with Gasteiger partial charge in [0.2, 0.25) is 10.0 Å². The fraction of sp³-hybridized carbons (Fsp3) is 0.571. The van der Waals surface area contributed by atoms with E-state index >= 15 is 0 Å². The Kier molecular flexibility index (Phi) is 6.38. The number of rotatable bonds is 6. The van der Waals surface area contributed by atoms with Crippen LogP contribution in [0.1, 0.15) is 25.6 Å². The van der Waals surface area contributed by atoms with E-state index in [0.29, 0.717) is 30.2 Å². The van der Waals surface area contributed by atoms with Gasteiger partial charge in [0.15, 0.2) is 5.82 Å². The Hall–Kier alpha value is -1.00. The van der Waals surface area contributed by atoms with Gasteiger partial charge in [0.05, 0.1) is 0 Å². The summed E-state index contributed by atoms with van der Waals surface area (Å²) < 4.78 is 32.3.